The number of nitrogens with zero attached hydrogens (tertiary/aromatic N) is 2. The molecule has 1 saturated heterocycles. The van der Waals surface area contributed by atoms with E-state index in [0.29, 0.717) is 0 Å². The first-order chi connectivity index (χ1) is 8.69. The lowest BCUT2D eigenvalue weighted by Gasteiger charge is -2.31. The van der Waals surface area contributed by atoms with Gasteiger partial charge in [0.25, 0.3) is 0 Å². The van der Waals surface area contributed by atoms with E-state index in [-0.39, 0.29) is 0 Å². The Morgan fingerprint density at radius 2 is 2.17 bits per heavy atom. The molecule has 0 aliphatic carbocycles. The summed E-state index contributed by atoms with van der Waals surface area (Å²) in [6, 6.07) is 1.93. The van der Waals surface area contributed by atoms with E-state index >= 15 is 0 Å². The Hall–Kier alpha value is -1.29. The minimum atomic E-state index is 0.761. The fourth-order valence-corrected chi connectivity index (χ4v) is 2.39. The number of likely N-dealkylation sites (tertiary alicyclic amines) is 1. The predicted octanol–water partition coefficient (Wildman–Crippen LogP) is 2.12. The first-order valence-corrected chi connectivity index (χ1v) is 6.87. The van der Waals surface area contributed by atoms with Crippen LogP contribution >= 0.6 is 0 Å². The van der Waals surface area contributed by atoms with Crippen LogP contribution in [0, 0.1) is 12.8 Å². The fourth-order valence-electron chi connectivity index (χ4n) is 2.39. The zero-order chi connectivity index (χ0) is 13.0. The molecule has 3 N–H and O–H groups in total. The van der Waals surface area contributed by atoms with Gasteiger partial charge in [-0.3, -0.25) is 0 Å². The smallest absolute Gasteiger partial charge is 0.127 e. The van der Waals surface area contributed by atoms with Gasteiger partial charge in [-0.15, -0.1) is 0 Å². The highest BCUT2D eigenvalue weighted by Crippen LogP contribution is 2.19. The summed E-state index contributed by atoms with van der Waals surface area (Å²) >= 11 is 0. The van der Waals surface area contributed by atoms with Crippen molar-refractivity contribution in [2.24, 2.45) is 5.92 Å². The average molecular weight is 248 g/mol. The predicted molar refractivity (Wildman–Crippen MR) is 76.7 cm³/mol. The molecule has 0 amide bonds. The summed E-state index contributed by atoms with van der Waals surface area (Å²) < 4.78 is 0. The minimum Gasteiger partial charge on any atom is -0.398 e. The van der Waals surface area contributed by atoms with Crippen LogP contribution in [0.4, 0.5) is 11.5 Å². The van der Waals surface area contributed by atoms with Crippen LogP contribution in [-0.2, 0) is 0 Å². The van der Waals surface area contributed by atoms with Crippen LogP contribution in [0.3, 0.4) is 0 Å². The molecule has 0 saturated carbocycles. The molecule has 2 heterocycles. The number of anilines is 2. The lowest BCUT2D eigenvalue weighted by Crippen LogP contribution is -2.35. The van der Waals surface area contributed by atoms with E-state index in [1.807, 2.05) is 19.2 Å². The number of nitrogens with two attached hydrogens (primary N) is 1. The molecule has 0 spiro atoms. The van der Waals surface area contributed by atoms with Gasteiger partial charge in [-0.2, -0.15) is 0 Å². The molecule has 2 rings (SSSR count). The molecule has 4 nitrogen and oxygen atoms in total. The second-order valence-electron chi connectivity index (χ2n) is 5.18. The van der Waals surface area contributed by atoms with Gasteiger partial charge < -0.3 is 16.0 Å². The number of hydrogen-bond acceptors (Lipinski definition) is 4. The normalized spacial score (nSPS) is 17.9. The largest absolute Gasteiger partial charge is 0.398 e. The molecular formula is C14H24N4. The van der Waals surface area contributed by atoms with Crippen molar-refractivity contribution >= 4 is 11.5 Å². The third kappa shape index (κ3) is 3.35. The van der Waals surface area contributed by atoms with E-state index in [1.165, 1.54) is 32.5 Å². The van der Waals surface area contributed by atoms with Crippen LogP contribution < -0.4 is 11.1 Å². The van der Waals surface area contributed by atoms with E-state index in [2.05, 4.69) is 22.1 Å². The van der Waals surface area contributed by atoms with E-state index in [9.17, 15) is 0 Å². The number of rotatable bonds is 4. The van der Waals surface area contributed by atoms with Crippen molar-refractivity contribution < 1.29 is 0 Å². The van der Waals surface area contributed by atoms with Gasteiger partial charge >= 0.3 is 0 Å². The summed E-state index contributed by atoms with van der Waals surface area (Å²) in [6.07, 6.45) is 4.39. The molecular weight excluding hydrogens is 224 g/mol. The van der Waals surface area contributed by atoms with Gasteiger partial charge in [0.1, 0.15) is 5.82 Å². The molecule has 0 unspecified atom stereocenters. The molecule has 18 heavy (non-hydrogen) atoms. The van der Waals surface area contributed by atoms with Crippen molar-refractivity contribution in [1.29, 1.82) is 0 Å². The Morgan fingerprint density at radius 3 is 2.78 bits per heavy atom. The van der Waals surface area contributed by atoms with Gasteiger partial charge in [0.2, 0.25) is 0 Å². The van der Waals surface area contributed by atoms with Crippen molar-refractivity contribution in [3.8, 4) is 0 Å². The number of nitrogens with one attached hydrogen (secondary N) is 1. The number of piperidine rings is 1. The Bertz CT molecular complexity index is 383. The van der Waals surface area contributed by atoms with Gasteiger partial charge in [0.05, 0.1) is 0 Å². The van der Waals surface area contributed by atoms with Gasteiger partial charge in [-0.1, -0.05) is 6.92 Å². The SMILES string of the molecule is CCN1CCC(CNc2cc(N)c(C)cn2)CC1. The quantitative estimate of drug-likeness (QED) is 0.857. The van der Waals surface area contributed by atoms with Crippen LogP contribution in [0.2, 0.25) is 0 Å². The topological polar surface area (TPSA) is 54.2 Å². The summed E-state index contributed by atoms with van der Waals surface area (Å²) in [6.45, 7) is 8.85. The molecule has 1 aliphatic rings. The van der Waals surface area contributed by atoms with Gasteiger partial charge in [0.15, 0.2) is 0 Å². The molecule has 1 aromatic heterocycles. The lowest BCUT2D eigenvalue weighted by atomic mass is 9.97. The third-order valence-electron chi connectivity index (χ3n) is 3.87. The van der Waals surface area contributed by atoms with Crippen molar-refractivity contribution in [2.75, 3.05) is 37.2 Å². The van der Waals surface area contributed by atoms with Crippen LogP contribution in [0.1, 0.15) is 25.3 Å². The standard InChI is InChI=1S/C14H24N4/c1-3-18-6-4-12(5-7-18)10-17-14-8-13(15)11(2)9-16-14/h8-9,12H,3-7,10H2,1-2H3,(H3,15,16,17). The van der Waals surface area contributed by atoms with E-state index in [4.69, 9.17) is 5.73 Å². The zero-order valence-electron chi connectivity index (χ0n) is 11.4. The first kappa shape index (κ1) is 13.1. The van der Waals surface area contributed by atoms with E-state index < -0.39 is 0 Å². The summed E-state index contributed by atoms with van der Waals surface area (Å²) in [5, 5.41) is 3.41. The molecule has 4 heteroatoms. The number of nitrogen functional groups attached to an aromatic ring is 1. The molecule has 100 valence electrons. The number of pyridine rings is 1. The fraction of sp³-hybridized carbons (Fsp3) is 0.643. The molecule has 1 fully saturated rings. The Morgan fingerprint density at radius 1 is 1.44 bits per heavy atom. The maximum atomic E-state index is 5.88. The lowest BCUT2D eigenvalue weighted by molar-refractivity contribution is 0.198. The van der Waals surface area contributed by atoms with Crippen LogP contribution in [0.15, 0.2) is 12.3 Å². The van der Waals surface area contributed by atoms with Crippen LogP contribution in [0.5, 0.6) is 0 Å². The maximum absolute atomic E-state index is 5.88. The Labute approximate surface area is 110 Å². The molecule has 0 atom stereocenters. The first-order valence-electron chi connectivity index (χ1n) is 6.87. The maximum Gasteiger partial charge on any atom is 0.127 e. The van der Waals surface area contributed by atoms with Crippen molar-refractivity contribution in [1.82, 2.24) is 9.88 Å². The highest BCUT2D eigenvalue weighted by Gasteiger charge is 2.17. The molecule has 0 aromatic carbocycles. The van der Waals surface area contributed by atoms with Crippen LogP contribution in [0.25, 0.3) is 0 Å². The minimum absolute atomic E-state index is 0.761. The molecule has 0 bridgehead atoms. The van der Waals surface area contributed by atoms with E-state index in [1.54, 1.807) is 0 Å². The van der Waals surface area contributed by atoms with E-state index in [0.717, 1.165) is 29.5 Å². The second kappa shape index (κ2) is 6.05. The van der Waals surface area contributed by atoms with Crippen molar-refractivity contribution in [2.45, 2.75) is 26.7 Å². The average Bonchev–Trinajstić information content (AvgIpc) is 2.41. The number of aryl methyl sites for hydroxylation is 1. The Balaban J connectivity index is 1.79. The highest BCUT2D eigenvalue weighted by molar-refractivity contribution is 5.53. The zero-order valence-corrected chi connectivity index (χ0v) is 11.4. The van der Waals surface area contributed by atoms with Crippen molar-refractivity contribution in [3.05, 3.63) is 17.8 Å². The summed E-state index contributed by atoms with van der Waals surface area (Å²) in [5.41, 5.74) is 7.73. The molecule has 0 radical (unpaired) electrons. The summed E-state index contributed by atoms with van der Waals surface area (Å²) in [7, 11) is 0. The third-order valence-corrected chi connectivity index (χ3v) is 3.87. The number of aromatic nitrogens is 1. The molecule has 1 aromatic rings. The van der Waals surface area contributed by atoms with Gasteiger partial charge in [-0.05, 0) is 50.9 Å². The summed E-state index contributed by atoms with van der Waals surface area (Å²) in [4.78, 5) is 6.87. The highest BCUT2D eigenvalue weighted by atomic mass is 15.1. The number of hydrogen-bond donors (Lipinski definition) is 2. The second-order valence-corrected chi connectivity index (χ2v) is 5.18. The Kier molecular flexibility index (Phi) is 4.42. The van der Waals surface area contributed by atoms with Gasteiger partial charge in [0, 0.05) is 24.5 Å². The van der Waals surface area contributed by atoms with Gasteiger partial charge in [-0.25, -0.2) is 4.98 Å². The summed E-state index contributed by atoms with van der Waals surface area (Å²) in [5.74, 6) is 1.66. The molecule has 1 aliphatic heterocycles. The van der Waals surface area contributed by atoms with Crippen molar-refractivity contribution in [3.63, 3.8) is 0 Å². The monoisotopic (exact) mass is 248 g/mol. The van der Waals surface area contributed by atoms with Crippen LogP contribution in [-0.4, -0.2) is 36.1 Å².